The van der Waals surface area contributed by atoms with E-state index in [0.29, 0.717) is 6.54 Å². The normalized spacial score (nSPS) is 12.8. The van der Waals surface area contributed by atoms with Crippen LogP contribution in [0.5, 0.6) is 0 Å². The minimum absolute atomic E-state index is 0.0998. The van der Waals surface area contributed by atoms with Crippen LogP contribution < -0.4 is 5.32 Å². The van der Waals surface area contributed by atoms with Gasteiger partial charge in [0.05, 0.1) is 11.0 Å². The highest BCUT2D eigenvalue weighted by Crippen LogP contribution is 2.24. The third-order valence-corrected chi connectivity index (χ3v) is 4.46. The van der Waals surface area contributed by atoms with E-state index >= 15 is 0 Å². The molecule has 0 fully saturated rings. The molecule has 1 unspecified atom stereocenters. The maximum absolute atomic E-state index is 10.8. The fraction of sp³-hybridized carbons (Fsp3) is 0.333. The summed E-state index contributed by atoms with van der Waals surface area (Å²) in [6, 6.07) is 16.8. The molecule has 0 heterocycles. The van der Waals surface area contributed by atoms with Crippen LogP contribution in [0.1, 0.15) is 17.2 Å². The first kappa shape index (κ1) is 18.3. The molecule has 2 aromatic carbocycles. The number of rotatable bonds is 8. The van der Waals surface area contributed by atoms with Crippen molar-refractivity contribution in [1.29, 1.82) is 0 Å². The quantitative estimate of drug-likeness (QED) is 0.441. The Kier molecular flexibility index (Phi) is 6.25. The summed E-state index contributed by atoms with van der Waals surface area (Å²) < 4.78 is 6.27. The molecule has 2 aromatic rings. The molecule has 0 radical (unpaired) electrons. The Labute approximate surface area is 143 Å². The van der Waals surface area contributed by atoms with E-state index in [1.807, 2.05) is 18.2 Å². The zero-order chi connectivity index (χ0) is 17.6. The van der Waals surface area contributed by atoms with Gasteiger partial charge < -0.3 is 9.74 Å². The number of nitro benzene ring substituents is 1. The Bertz CT molecular complexity index is 654. The monoisotopic (exact) mass is 344 g/mol. The van der Waals surface area contributed by atoms with Crippen LogP contribution in [-0.4, -0.2) is 19.8 Å². The van der Waals surface area contributed by atoms with Gasteiger partial charge in [-0.25, -0.2) is 0 Å². The van der Waals surface area contributed by atoms with Crippen LogP contribution in [0.2, 0.25) is 19.6 Å². The van der Waals surface area contributed by atoms with Gasteiger partial charge in [-0.15, -0.1) is 0 Å². The molecular formula is C18H24N2O3Si. The second kappa shape index (κ2) is 8.19. The van der Waals surface area contributed by atoms with E-state index in [0.717, 1.165) is 12.1 Å². The lowest BCUT2D eigenvalue weighted by Crippen LogP contribution is -2.33. The molecule has 5 nitrogen and oxygen atoms in total. The second-order valence-electron chi connectivity index (χ2n) is 6.68. The zero-order valence-electron chi connectivity index (χ0n) is 14.4. The molecule has 0 aromatic heterocycles. The van der Waals surface area contributed by atoms with Gasteiger partial charge in [-0.05, 0) is 42.9 Å². The lowest BCUT2D eigenvalue weighted by Gasteiger charge is -2.27. The standard InChI is InChI=1S/C18H24N2O3Si/c1-24(2,3)23-18(14-19-13-15-7-5-4-6-8-15)16-9-11-17(12-10-16)20(21)22/h4-12,18-19H,13-14H2,1-3H3. The predicted octanol–water partition coefficient (Wildman–Crippen LogP) is 4.28. The van der Waals surface area contributed by atoms with Crippen LogP contribution in [0, 0.1) is 10.1 Å². The summed E-state index contributed by atoms with van der Waals surface area (Å²) in [4.78, 5) is 10.4. The van der Waals surface area contributed by atoms with Gasteiger partial charge in [0.2, 0.25) is 0 Å². The minimum atomic E-state index is -1.74. The van der Waals surface area contributed by atoms with Crippen LogP contribution in [0.4, 0.5) is 5.69 Å². The molecule has 1 atom stereocenters. The highest BCUT2D eigenvalue weighted by atomic mass is 28.4. The van der Waals surface area contributed by atoms with Crippen molar-refractivity contribution >= 4 is 14.0 Å². The van der Waals surface area contributed by atoms with Crippen molar-refractivity contribution in [2.75, 3.05) is 6.54 Å². The number of hydrogen-bond donors (Lipinski definition) is 1. The lowest BCUT2D eigenvalue weighted by molar-refractivity contribution is -0.384. The molecule has 0 aliphatic rings. The van der Waals surface area contributed by atoms with Crippen molar-refractivity contribution in [2.45, 2.75) is 32.3 Å². The second-order valence-corrected chi connectivity index (χ2v) is 11.1. The Morgan fingerprint density at radius 1 is 1.08 bits per heavy atom. The van der Waals surface area contributed by atoms with Crippen LogP contribution in [-0.2, 0) is 11.0 Å². The molecule has 0 saturated heterocycles. The molecule has 0 aliphatic carbocycles. The summed E-state index contributed by atoms with van der Waals surface area (Å²) in [5, 5.41) is 14.2. The van der Waals surface area contributed by atoms with Crippen molar-refractivity contribution in [2.24, 2.45) is 0 Å². The number of nitrogens with zero attached hydrogens (tertiary/aromatic N) is 1. The molecule has 128 valence electrons. The van der Waals surface area contributed by atoms with Crippen LogP contribution >= 0.6 is 0 Å². The highest BCUT2D eigenvalue weighted by Gasteiger charge is 2.22. The van der Waals surface area contributed by atoms with Gasteiger partial charge in [0, 0.05) is 25.2 Å². The maximum Gasteiger partial charge on any atom is 0.269 e. The average Bonchev–Trinajstić information content (AvgIpc) is 2.54. The van der Waals surface area contributed by atoms with E-state index in [-0.39, 0.29) is 16.7 Å². The van der Waals surface area contributed by atoms with Crippen molar-refractivity contribution in [3.8, 4) is 0 Å². The molecule has 2 rings (SSSR count). The van der Waals surface area contributed by atoms with Crippen molar-refractivity contribution in [3.63, 3.8) is 0 Å². The van der Waals surface area contributed by atoms with Crippen molar-refractivity contribution in [3.05, 3.63) is 75.8 Å². The Balaban J connectivity index is 2.05. The first-order valence-corrected chi connectivity index (χ1v) is 11.4. The van der Waals surface area contributed by atoms with Gasteiger partial charge in [-0.2, -0.15) is 0 Å². The van der Waals surface area contributed by atoms with E-state index < -0.39 is 8.32 Å². The van der Waals surface area contributed by atoms with E-state index in [9.17, 15) is 10.1 Å². The molecule has 0 aliphatic heterocycles. The molecule has 6 heteroatoms. The number of benzene rings is 2. The van der Waals surface area contributed by atoms with Gasteiger partial charge in [-0.3, -0.25) is 10.1 Å². The van der Waals surface area contributed by atoms with Gasteiger partial charge in [0.15, 0.2) is 8.32 Å². The topological polar surface area (TPSA) is 64.4 Å². The summed E-state index contributed by atoms with van der Waals surface area (Å²) >= 11 is 0. The largest absolute Gasteiger partial charge is 0.409 e. The third-order valence-electron chi connectivity index (χ3n) is 3.47. The van der Waals surface area contributed by atoms with Gasteiger partial charge in [-0.1, -0.05) is 30.3 Å². The fourth-order valence-electron chi connectivity index (χ4n) is 2.41. The molecule has 0 saturated carbocycles. The van der Waals surface area contributed by atoms with Crippen LogP contribution in [0.15, 0.2) is 54.6 Å². The molecule has 24 heavy (non-hydrogen) atoms. The van der Waals surface area contributed by atoms with E-state index in [1.165, 1.54) is 17.7 Å². The fourth-order valence-corrected chi connectivity index (χ4v) is 3.48. The average molecular weight is 344 g/mol. The van der Waals surface area contributed by atoms with E-state index in [1.54, 1.807) is 12.1 Å². The number of hydrogen-bond acceptors (Lipinski definition) is 4. The molecular weight excluding hydrogens is 320 g/mol. The smallest absolute Gasteiger partial charge is 0.269 e. The Morgan fingerprint density at radius 2 is 1.71 bits per heavy atom. The van der Waals surface area contributed by atoms with Crippen LogP contribution in [0.3, 0.4) is 0 Å². The summed E-state index contributed by atoms with van der Waals surface area (Å²) in [5.74, 6) is 0. The molecule has 1 N–H and O–H groups in total. The molecule has 0 spiro atoms. The van der Waals surface area contributed by atoms with E-state index in [4.69, 9.17) is 4.43 Å². The summed E-state index contributed by atoms with van der Waals surface area (Å²) in [6.07, 6.45) is -0.110. The maximum atomic E-state index is 10.8. The van der Waals surface area contributed by atoms with Crippen LogP contribution in [0.25, 0.3) is 0 Å². The van der Waals surface area contributed by atoms with Gasteiger partial charge >= 0.3 is 0 Å². The number of non-ortho nitro benzene ring substituents is 1. The molecule has 0 bridgehead atoms. The Hall–Kier alpha value is -2.02. The van der Waals surface area contributed by atoms with E-state index in [2.05, 4.69) is 37.1 Å². The number of nitrogens with one attached hydrogen (secondary N) is 1. The number of nitro groups is 1. The summed E-state index contributed by atoms with van der Waals surface area (Å²) in [5.41, 5.74) is 2.28. The first-order valence-electron chi connectivity index (χ1n) is 8.02. The SMILES string of the molecule is C[Si](C)(C)OC(CNCc1ccccc1)c1ccc([N+](=O)[O-])cc1. The predicted molar refractivity (Wildman–Crippen MR) is 98.4 cm³/mol. The third kappa shape index (κ3) is 5.88. The van der Waals surface area contributed by atoms with Crippen molar-refractivity contribution < 1.29 is 9.35 Å². The lowest BCUT2D eigenvalue weighted by atomic mass is 10.1. The summed E-state index contributed by atoms with van der Waals surface area (Å²) in [7, 11) is -1.74. The summed E-state index contributed by atoms with van der Waals surface area (Å²) in [6.45, 7) is 7.85. The minimum Gasteiger partial charge on any atom is -0.409 e. The van der Waals surface area contributed by atoms with Gasteiger partial charge in [0.1, 0.15) is 0 Å². The molecule has 0 amide bonds. The highest BCUT2D eigenvalue weighted by molar-refractivity contribution is 6.69. The van der Waals surface area contributed by atoms with Crippen molar-refractivity contribution in [1.82, 2.24) is 5.32 Å². The Morgan fingerprint density at radius 3 is 2.25 bits per heavy atom. The van der Waals surface area contributed by atoms with Gasteiger partial charge in [0.25, 0.3) is 5.69 Å². The first-order chi connectivity index (χ1) is 11.3. The zero-order valence-corrected chi connectivity index (χ0v) is 15.4.